The maximum Gasteiger partial charge on any atom is 0.358 e. The van der Waals surface area contributed by atoms with E-state index < -0.39 is 26.6 Å². The molecule has 104 valence electrons. The molecule has 1 heterocycles. The van der Waals surface area contributed by atoms with Crippen LogP contribution in [0.15, 0.2) is 17.3 Å². The molecule has 0 bridgehead atoms. The normalized spacial score (nSPS) is 17.9. The first kappa shape index (κ1) is 15.5. The van der Waals surface area contributed by atoms with Gasteiger partial charge in [0, 0.05) is 26.2 Å². The molecule has 0 aliphatic carbocycles. The molecule has 0 fully saturated rings. The molecule has 0 atom stereocenters. The number of hydrogen-bond donors (Lipinski definition) is 5. The third-order valence-corrected chi connectivity index (χ3v) is 6.47. The van der Waals surface area contributed by atoms with Crippen molar-refractivity contribution >= 4 is 21.0 Å². The second-order valence-corrected chi connectivity index (χ2v) is 8.08. The quantitative estimate of drug-likeness (QED) is 0.422. The minimum absolute atomic E-state index is 0.103. The van der Waals surface area contributed by atoms with Crippen molar-refractivity contribution in [3.63, 3.8) is 0 Å². The Morgan fingerprint density at radius 1 is 1.39 bits per heavy atom. The van der Waals surface area contributed by atoms with Gasteiger partial charge < -0.3 is 30.2 Å². The molecule has 0 saturated heterocycles. The van der Waals surface area contributed by atoms with Crippen LogP contribution >= 0.6 is 15.2 Å². The lowest BCUT2D eigenvalue weighted by molar-refractivity contribution is 0.308. The second-order valence-electron chi connectivity index (χ2n) is 3.95. The maximum atomic E-state index is 11.3. The Morgan fingerprint density at radius 2 is 1.89 bits per heavy atom. The molecule has 0 aromatic heterocycles. The smallest absolute Gasteiger partial charge is 0.358 e. The van der Waals surface area contributed by atoms with Gasteiger partial charge in [-0.2, -0.15) is 0 Å². The largest absolute Gasteiger partial charge is 0.359 e. The summed E-state index contributed by atoms with van der Waals surface area (Å²) in [4.78, 5) is 41.7. The van der Waals surface area contributed by atoms with Crippen molar-refractivity contribution < 1.29 is 28.7 Å². The highest BCUT2D eigenvalue weighted by atomic mass is 31.2. The van der Waals surface area contributed by atoms with E-state index in [-0.39, 0.29) is 5.84 Å². The number of nitrogens with two attached hydrogens (primary N) is 1. The Morgan fingerprint density at radius 3 is 2.28 bits per heavy atom. The van der Waals surface area contributed by atoms with E-state index in [1.54, 1.807) is 13.1 Å². The predicted molar refractivity (Wildman–Crippen MR) is 64.8 cm³/mol. The van der Waals surface area contributed by atoms with Crippen LogP contribution in [-0.2, 0) is 9.13 Å². The van der Waals surface area contributed by atoms with Crippen molar-refractivity contribution in [2.24, 2.45) is 10.7 Å². The number of nitrogens with zero attached hydrogens (tertiary/aromatic N) is 2. The van der Waals surface area contributed by atoms with Crippen LogP contribution < -0.4 is 5.73 Å². The summed E-state index contributed by atoms with van der Waals surface area (Å²) in [6.07, 6.45) is 2.34. The van der Waals surface area contributed by atoms with E-state index in [2.05, 4.69) is 4.99 Å². The molecule has 18 heavy (non-hydrogen) atoms. The van der Waals surface area contributed by atoms with Crippen molar-refractivity contribution in [3.8, 4) is 0 Å². The summed E-state index contributed by atoms with van der Waals surface area (Å²) < 4.78 is 22.5. The highest BCUT2D eigenvalue weighted by molar-refractivity contribution is 7.72. The maximum absolute atomic E-state index is 11.3. The zero-order chi connectivity index (χ0) is 14.2. The fraction of sp³-hybridized carbons (Fsp3) is 0.571. The average Bonchev–Trinajstić information content (AvgIpc) is 2.18. The predicted octanol–water partition coefficient (Wildman–Crippen LogP) is -0.798. The SMILES string of the molecule is CN1CC=CN=C1CC(N)(P(=O)(O)O)P(=O)(O)O. The van der Waals surface area contributed by atoms with Gasteiger partial charge in [-0.3, -0.25) is 9.13 Å². The van der Waals surface area contributed by atoms with E-state index >= 15 is 0 Å². The first-order valence-corrected chi connectivity index (χ1v) is 8.04. The Bertz CT molecular complexity index is 456. The Balaban J connectivity index is 3.16. The van der Waals surface area contributed by atoms with E-state index in [4.69, 9.17) is 25.3 Å². The van der Waals surface area contributed by atoms with Crippen LogP contribution in [0, 0.1) is 0 Å². The number of rotatable bonds is 4. The van der Waals surface area contributed by atoms with Crippen LogP contribution in [0.2, 0.25) is 0 Å². The summed E-state index contributed by atoms with van der Waals surface area (Å²) in [6.45, 7) is 0.414. The van der Waals surface area contributed by atoms with Crippen LogP contribution in [0.25, 0.3) is 0 Å². The van der Waals surface area contributed by atoms with Crippen molar-refractivity contribution in [1.82, 2.24) is 4.90 Å². The van der Waals surface area contributed by atoms with Gasteiger partial charge in [-0.25, -0.2) is 4.99 Å². The molecule has 1 rings (SSSR count). The Labute approximate surface area is 103 Å². The van der Waals surface area contributed by atoms with Crippen LogP contribution in [0.4, 0.5) is 0 Å². The van der Waals surface area contributed by atoms with Gasteiger partial charge in [0.1, 0.15) is 5.84 Å². The van der Waals surface area contributed by atoms with Gasteiger partial charge in [0.05, 0.1) is 0 Å². The van der Waals surface area contributed by atoms with Crippen LogP contribution in [0.1, 0.15) is 6.42 Å². The summed E-state index contributed by atoms with van der Waals surface area (Å²) >= 11 is 0. The summed E-state index contributed by atoms with van der Waals surface area (Å²) in [6, 6.07) is 0. The summed E-state index contributed by atoms with van der Waals surface area (Å²) in [5.41, 5.74) is 5.29. The molecule has 6 N–H and O–H groups in total. The molecule has 0 saturated carbocycles. The van der Waals surface area contributed by atoms with Gasteiger partial charge in [0.2, 0.25) is 5.02 Å². The highest BCUT2D eigenvalue weighted by Gasteiger charge is 2.58. The van der Waals surface area contributed by atoms with E-state index in [0.717, 1.165) is 0 Å². The Kier molecular flexibility index (Phi) is 4.19. The molecule has 1 aliphatic rings. The van der Waals surface area contributed by atoms with Gasteiger partial charge >= 0.3 is 15.2 Å². The summed E-state index contributed by atoms with van der Waals surface area (Å²) in [5, 5.41) is -2.96. The number of likely N-dealkylation sites (N-methyl/N-ethyl adjacent to an activating group) is 1. The molecule has 0 spiro atoms. The molecule has 0 radical (unpaired) electrons. The van der Waals surface area contributed by atoms with Gasteiger partial charge in [-0.05, 0) is 6.08 Å². The van der Waals surface area contributed by atoms with Crippen molar-refractivity contribution in [2.75, 3.05) is 13.6 Å². The van der Waals surface area contributed by atoms with Crippen molar-refractivity contribution in [3.05, 3.63) is 12.3 Å². The number of amidine groups is 1. The van der Waals surface area contributed by atoms with E-state index in [1.165, 1.54) is 11.1 Å². The molecule has 0 aromatic rings. The molecule has 9 nitrogen and oxygen atoms in total. The van der Waals surface area contributed by atoms with Gasteiger partial charge in [-0.15, -0.1) is 0 Å². The minimum Gasteiger partial charge on any atom is -0.359 e. The van der Waals surface area contributed by atoms with Gasteiger partial charge in [-0.1, -0.05) is 0 Å². The lowest BCUT2D eigenvalue weighted by atomic mass is 10.3. The first-order valence-electron chi connectivity index (χ1n) is 4.82. The van der Waals surface area contributed by atoms with Gasteiger partial charge in [0.15, 0.2) is 0 Å². The van der Waals surface area contributed by atoms with Crippen LogP contribution in [0.3, 0.4) is 0 Å². The minimum atomic E-state index is -5.22. The molecule has 0 amide bonds. The molecule has 1 aliphatic heterocycles. The fourth-order valence-corrected chi connectivity index (χ4v) is 3.39. The third kappa shape index (κ3) is 2.89. The molecule has 0 unspecified atom stereocenters. The average molecular weight is 299 g/mol. The highest BCUT2D eigenvalue weighted by Crippen LogP contribution is 2.67. The zero-order valence-electron chi connectivity index (χ0n) is 9.54. The lowest BCUT2D eigenvalue weighted by Crippen LogP contribution is -2.45. The first-order chi connectivity index (χ1) is 7.99. The van der Waals surface area contributed by atoms with Crippen LogP contribution in [0.5, 0.6) is 0 Å². The lowest BCUT2D eigenvalue weighted by Gasteiger charge is -2.33. The third-order valence-electron chi connectivity index (χ3n) is 2.58. The van der Waals surface area contributed by atoms with Gasteiger partial charge in [0.25, 0.3) is 0 Å². The standard InChI is InChI=1S/C7H15N3O6P2/c1-10-4-2-3-9-6(10)5-7(8,17(11,12)13)18(14,15)16/h2-3H,4-5,8H2,1H3,(H2,11,12,13)(H2,14,15,16). The number of aliphatic imine (C=N–C) groups is 1. The second kappa shape index (κ2) is 4.86. The number of hydrogen-bond acceptors (Lipinski definition) is 5. The van der Waals surface area contributed by atoms with E-state index in [0.29, 0.717) is 6.54 Å². The van der Waals surface area contributed by atoms with Crippen LogP contribution in [-0.4, -0.2) is 48.9 Å². The molecular weight excluding hydrogens is 284 g/mol. The molecule has 0 aromatic carbocycles. The summed E-state index contributed by atoms with van der Waals surface area (Å²) in [5.74, 6) is 0.103. The fourth-order valence-electron chi connectivity index (χ4n) is 1.34. The Hall–Kier alpha value is -0.530. The molecule has 11 heteroatoms. The van der Waals surface area contributed by atoms with Crippen molar-refractivity contribution in [2.45, 2.75) is 11.4 Å². The van der Waals surface area contributed by atoms with E-state index in [9.17, 15) is 9.13 Å². The topological polar surface area (TPSA) is 157 Å². The van der Waals surface area contributed by atoms with Crippen molar-refractivity contribution in [1.29, 1.82) is 0 Å². The monoisotopic (exact) mass is 299 g/mol. The summed E-state index contributed by atoms with van der Waals surface area (Å²) in [7, 11) is -8.87. The zero-order valence-corrected chi connectivity index (χ0v) is 11.3. The van der Waals surface area contributed by atoms with E-state index in [1.807, 2.05) is 0 Å². The molecular formula is C7H15N3O6P2.